The van der Waals surface area contributed by atoms with Gasteiger partial charge in [0.05, 0.1) is 30.2 Å². The number of methoxy groups -OCH3 is 1. The minimum atomic E-state index is -1.12. The SMILES string of the molecule is COc1cc2c(Nc3cnn(CC(=O)Nc4cccc(F)c4F)c3)ncnc2cc1OCCNC1CCCC1CO. The van der Waals surface area contributed by atoms with Crippen LogP contribution in [-0.4, -0.2) is 63.7 Å². The van der Waals surface area contributed by atoms with Crippen molar-refractivity contribution < 1.29 is 28.2 Å². The number of hydrogen-bond donors (Lipinski definition) is 4. The molecule has 13 heteroatoms. The first kappa shape index (κ1) is 28.2. The van der Waals surface area contributed by atoms with Crippen LogP contribution in [0.4, 0.5) is 26.0 Å². The zero-order valence-electron chi connectivity index (χ0n) is 22.4. The van der Waals surface area contributed by atoms with E-state index in [1.165, 1.54) is 29.3 Å². The number of ether oxygens (including phenoxy) is 2. The normalized spacial score (nSPS) is 16.6. The van der Waals surface area contributed by atoms with Gasteiger partial charge < -0.3 is 30.5 Å². The summed E-state index contributed by atoms with van der Waals surface area (Å²) < 4.78 is 40.2. The Labute approximate surface area is 234 Å². The fourth-order valence-corrected chi connectivity index (χ4v) is 4.95. The Bertz CT molecular complexity index is 1520. The standard InChI is InChI=1S/C28H31F2N7O4/c1-40-24-10-19-23(11-25(24)41-9-8-31-21-6-2-4-17(21)15-38)32-16-33-28(19)35-18-12-34-37(13-18)14-26(39)36-22-7-3-5-20(29)27(22)30/h3,5,7,10-13,16-17,21,31,38H,2,4,6,8-9,14-15H2,1H3,(H,36,39)(H,32,33,35). The summed E-state index contributed by atoms with van der Waals surface area (Å²) in [4.78, 5) is 21.0. The van der Waals surface area contributed by atoms with Crippen LogP contribution in [0, 0.1) is 17.6 Å². The van der Waals surface area contributed by atoms with E-state index in [9.17, 15) is 18.7 Å². The van der Waals surface area contributed by atoms with Crippen molar-refractivity contribution in [3.05, 3.63) is 60.7 Å². The average molecular weight is 568 g/mol. The number of nitrogens with one attached hydrogen (secondary N) is 3. The number of benzene rings is 2. The largest absolute Gasteiger partial charge is 0.493 e. The van der Waals surface area contributed by atoms with Crippen molar-refractivity contribution in [3.63, 3.8) is 0 Å². The number of halogens is 2. The number of aliphatic hydroxyl groups is 1. The molecule has 1 aliphatic carbocycles. The Morgan fingerprint density at radius 2 is 2.07 bits per heavy atom. The number of carbonyl (C=O) groups excluding carboxylic acids is 1. The molecule has 5 rings (SSSR count). The van der Waals surface area contributed by atoms with Gasteiger partial charge in [0.2, 0.25) is 5.91 Å². The zero-order valence-corrected chi connectivity index (χ0v) is 22.4. The summed E-state index contributed by atoms with van der Waals surface area (Å²) in [5, 5.41) is 23.3. The first-order chi connectivity index (χ1) is 19.9. The second kappa shape index (κ2) is 12.9. The molecule has 2 unspecified atom stereocenters. The van der Waals surface area contributed by atoms with Crippen LogP contribution in [0.3, 0.4) is 0 Å². The molecular weight excluding hydrogens is 536 g/mol. The van der Waals surface area contributed by atoms with Crippen LogP contribution < -0.4 is 25.4 Å². The molecule has 1 amide bonds. The van der Waals surface area contributed by atoms with Gasteiger partial charge in [0.25, 0.3) is 0 Å². The van der Waals surface area contributed by atoms with Gasteiger partial charge >= 0.3 is 0 Å². The fraction of sp³-hybridized carbons (Fsp3) is 0.357. The molecule has 4 N–H and O–H groups in total. The molecule has 0 radical (unpaired) electrons. The number of rotatable bonds is 12. The van der Waals surface area contributed by atoms with Gasteiger partial charge in [0.15, 0.2) is 23.1 Å². The predicted molar refractivity (Wildman–Crippen MR) is 148 cm³/mol. The molecular formula is C28H31F2N7O4. The summed E-state index contributed by atoms with van der Waals surface area (Å²) in [7, 11) is 1.55. The van der Waals surface area contributed by atoms with Crippen LogP contribution >= 0.6 is 0 Å². The Hall–Kier alpha value is -4.36. The summed E-state index contributed by atoms with van der Waals surface area (Å²) in [5.74, 6) is -0.896. The van der Waals surface area contributed by atoms with Crippen LogP contribution in [0.5, 0.6) is 11.5 Å². The van der Waals surface area contributed by atoms with E-state index in [-0.39, 0.29) is 18.8 Å². The highest BCUT2D eigenvalue weighted by atomic mass is 19.2. The van der Waals surface area contributed by atoms with E-state index in [0.717, 1.165) is 25.3 Å². The van der Waals surface area contributed by atoms with Gasteiger partial charge in [-0.15, -0.1) is 0 Å². The monoisotopic (exact) mass is 567 g/mol. The first-order valence-corrected chi connectivity index (χ1v) is 13.3. The maximum Gasteiger partial charge on any atom is 0.246 e. The summed E-state index contributed by atoms with van der Waals surface area (Å²) in [6.45, 7) is 1.04. The zero-order chi connectivity index (χ0) is 28.8. The number of fused-ring (bicyclic) bond motifs is 1. The lowest BCUT2D eigenvalue weighted by molar-refractivity contribution is -0.116. The summed E-state index contributed by atoms with van der Waals surface area (Å²) in [5.41, 5.74) is 0.935. The molecule has 2 heterocycles. The summed E-state index contributed by atoms with van der Waals surface area (Å²) in [6.07, 6.45) is 7.73. The molecule has 11 nitrogen and oxygen atoms in total. The quantitative estimate of drug-likeness (QED) is 0.189. The molecule has 4 aromatic rings. The number of anilines is 3. The van der Waals surface area contributed by atoms with E-state index < -0.39 is 17.5 Å². The number of amides is 1. The van der Waals surface area contributed by atoms with Crippen LogP contribution in [0.1, 0.15) is 19.3 Å². The van der Waals surface area contributed by atoms with Gasteiger partial charge in [0.1, 0.15) is 25.3 Å². The van der Waals surface area contributed by atoms with Crippen molar-refractivity contribution in [1.82, 2.24) is 25.1 Å². The predicted octanol–water partition coefficient (Wildman–Crippen LogP) is 3.62. The number of hydrogen-bond acceptors (Lipinski definition) is 9. The van der Waals surface area contributed by atoms with Crippen molar-refractivity contribution in [2.24, 2.45) is 5.92 Å². The van der Waals surface area contributed by atoms with Gasteiger partial charge in [-0.3, -0.25) is 9.48 Å². The molecule has 1 saturated carbocycles. The third kappa shape index (κ3) is 6.69. The fourth-order valence-electron chi connectivity index (χ4n) is 4.95. The van der Waals surface area contributed by atoms with Gasteiger partial charge in [-0.05, 0) is 37.0 Å². The van der Waals surface area contributed by atoms with E-state index in [1.807, 2.05) is 0 Å². The summed E-state index contributed by atoms with van der Waals surface area (Å²) >= 11 is 0. The smallest absolute Gasteiger partial charge is 0.246 e. The van der Waals surface area contributed by atoms with Crippen molar-refractivity contribution in [3.8, 4) is 11.5 Å². The van der Waals surface area contributed by atoms with Crippen molar-refractivity contribution in [2.75, 3.05) is 37.5 Å². The molecule has 2 aromatic carbocycles. The third-order valence-corrected chi connectivity index (χ3v) is 7.01. The highest BCUT2D eigenvalue weighted by Gasteiger charge is 2.25. The Morgan fingerprint density at radius 1 is 1.20 bits per heavy atom. The molecule has 0 aliphatic heterocycles. The van der Waals surface area contributed by atoms with Crippen molar-refractivity contribution in [1.29, 1.82) is 0 Å². The molecule has 216 valence electrons. The number of carbonyl (C=O) groups is 1. The summed E-state index contributed by atoms with van der Waals surface area (Å²) in [6, 6.07) is 7.43. The average Bonchev–Trinajstić information content (AvgIpc) is 3.62. The van der Waals surface area contributed by atoms with Gasteiger partial charge in [-0.1, -0.05) is 12.5 Å². The van der Waals surface area contributed by atoms with E-state index >= 15 is 0 Å². The van der Waals surface area contributed by atoms with Crippen molar-refractivity contribution in [2.45, 2.75) is 31.8 Å². The lowest BCUT2D eigenvalue weighted by atomic mass is 10.1. The molecule has 0 saturated heterocycles. The molecule has 1 aliphatic rings. The number of aromatic nitrogens is 4. The van der Waals surface area contributed by atoms with Crippen LogP contribution in [-0.2, 0) is 11.3 Å². The minimum Gasteiger partial charge on any atom is -0.493 e. The van der Waals surface area contributed by atoms with E-state index in [2.05, 4.69) is 31.0 Å². The number of aliphatic hydroxyl groups excluding tert-OH is 1. The maximum absolute atomic E-state index is 13.9. The number of nitrogens with zero attached hydrogens (tertiary/aromatic N) is 4. The Morgan fingerprint density at radius 3 is 2.90 bits per heavy atom. The second-order valence-corrected chi connectivity index (χ2v) is 9.73. The van der Waals surface area contributed by atoms with Crippen LogP contribution in [0.25, 0.3) is 10.9 Å². The first-order valence-electron chi connectivity index (χ1n) is 13.3. The van der Waals surface area contributed by atoms with Crippen molar-refractivity contribution >= 4 is 34.0 Å². The van der Waals surface area contributed by atoms with Crippen LogP contribution in [0.2, 0.25) is 0 Å². The molecule has 2 atom stereocenters. The van der Waals surface area contributed by atoms with E-state index in [0.29, 0.717) is 59.0 Å². The van der Waals surface area contributed by atoms with E-state index in [1.54, 1.807) is 25.4 Å². The Balaban J connectivity index is 1.22. The topological polar surface area (TPSA) is 135 Å². The Kier molecular flexibility index (Phi) is 8.85. The lowest BCUT2D eigenvalue weighted by Gasteiger charge is -2.19. The third-order valence-electron chi connectivity index (χ3n) is 7.01. The van der Waals surface area contributed by atoms with Crippen LogP contribution in [0.15, 0.2) is 49.1 Å². The highest BCUT2D eigenvalue weighted by Crippen LogP contribution is 2.34. The van der Waals surface area contributed by atoms with Gasteiger partial charge in [-0.2, -0.15) is 5.10 Å². The second-order valence-electron chi connectivity index (χ2n) is 9.73. The van der Waals surface area contributed by atoms with Gasteiger partial charge in [0, 0.05) is 36.8 Å². The van der Waals surface area contributed by atoms with Gasteiger partial charge in [-0.25, -0.2) is 18.7 Å². The lowest BCUT2D eigenvalue weighted by Crippen LogP contribution is -2.36. The molecule has 2 aromatic heterocycles. The van der Waals surface area contributed by atoms with E-state index in [4.69, 9.17) is 9.47 Å². The molecule has 1 fully saturated rings. The minimum absolute atomic E-state index is 0.195. The maximum atomic E-state index is 13.9. The molecule has 0 bridgehead atoms. The molecule has 41 heavy (non-hydrogen) atoms. The highest BCUT2D eigenvalue weighted by molar-refractivity contribution is 5.93. The molecule has 0 spiro atoms.